The van der Waals surface area contributed by atoms with Crippen LogP contribution in [0.2, 0.25) is 0 Å². The molecule has 1 aromatic carbocycles. The number of benzene rings is 1. The molecule has 0 spiro atoms. The standard InChI is InChI=1S/C15H20N2O/c1-5-16-14(18)17(12(2)11-15(16,3)4)13-9-7-6-8-10-13/h6-11H,5H2,1-4H3. The third kappa shape index (κ3) is 2.01. The van der Waals surface area contributed by atoms with Gasteiger partial charge in [-0.1, -0.05) is 18.2 Å². The Morgan fingerprint density at radius 1 is 1.17 bits per heavy atom. The van der Waals surface area contributed by atoms with Gasteiger partial charge >= 0.3 is 6.03 Å². The Balaban J connectivity index is 2.47. The van der Waals surface area contributed by atoms with Crippen molar-refractivity contribution in [3.05, 3.63) is 42.1 Å². The fraction of sp³-hybridized carbons (Fsp3) is 0.400. The number of allylic oxidation sites excluding steroid dienone is 1. The molecule has 0 unspecified atom stereocenters. The first-order valence-electron chi connectivity index (χ1n) is 6.33. The van der Waals surface area contributed by atoms with E-state index in [1.807, 2.05) is 49.1 Å². The van der Waals surface area contributed by atoms with Crippen LogP contribution in [0, 0.1) is 0 Å². The normalized spacial score (nSPS) is 18.9. The van der Waals surface area contributed by atoms with Gasteiger partial charge in [-0.3, -0.25) is 4.90 Å². The van der Waals surface area contributed by atoms with E-state index in [1.165, 1.54) is 0 Å². The molecule has 0 aromatic heterocycles. The van der Waals surface area contributed by atoms with E-state index in [1.54, 1.807) is 4.90 Å². The molecule has 96 valence electrons. The first kappa shape index (κ1) is 12.7. The molecule has 0 fully saturated rings. The minimum atomic E-state index is -0.221. The van der Waals surface area contributed by atoms with Crippen molar-refractivity contribution in [2.75, 3.05) is 11.4 Å². The van der Waals surface area contributed by atoms with E-state index in [-0.39, 0.29) is 11.6 Å². The fourth-order valence-corrected chi connectivity index (χ4v) is 2.61. The summed E-state index contributed by atoms with van der Waals surface area (Å²) in [6, 6.07) is 9.83. The zero-order chi connectivity index (χ0) is 13.3. The molecular formula is C15H20N2O. The SMILES string of the molecule is CCN1C(=O)N(c2ccccc2)C(C)=CC1(C)C. The van der Waals surface area contributed by atoms with Crippen LogP contribution in [0.3, 0.4) is 0 Å². The van der Waals surface area contributed by atoms with Crippen LogP contribution >= 0.6 is 0 Å². The van der Waals surface area contributed by atoms with Gasteiger partial charge in [0.25, 0.3) is 0 Å². The van der Waals surface area contributed by atoms with Gasteiger partial charge in [0, 0.05) is 12.2 Å². The van der Waals surface area contributed by atoms with Crippen LogP contribution < -0.4 is 4.90 Å². The van der Waals surface area contributed by atoms with Crippen LogP contribution in [-0.2, 0) is 0 Å². The zero-order valence-electron chi connectivity index (χ0n) is 11.5. The lowest BCUT2D eigenvalue weighted by Crippen LogP contribution is -2.55. The number of amides is 2. The lowest BCUT2D eigenvalue weighted by molar-refractivity contribution is 0.165. The molecule has 3 nitrogen and oxygen atoms in total. The number of hydrogen-bond donors (Lipinski definition) is 0. The molecule has 0 N–H and O–H groups in total. The molecule has 2 rings (SSSR count). The number of para-hydroxylation sites is 1. The first-order valence-corrected chi connectivity index (χ1v) is 6.33. The zero-order valence-corrected chi connectivity index (χ0v) is 11.5. The van der Waals surface area contributed by atoms with Crippen LogP contribution in [0.15, 0.2) is 42.1 Å². The predicted octanol–water partition coefficient (Wildman–Crippen LogP) is 3.63. The highest BCUT2D eigenvalue weighted by Gasteiger charge is 2.37. The number of nitrogens with zero attached hydrogens (tertiary/aromatic N) is 2. The number of carbonyl (C=O) groups excluding carboxylic acids is 1. The van der Waals surface area contributed by atoms with E-state index in [0.29, 0.717) is 6.54 Å². The lowest BCUT2D eigenvalue weighted by Gasteiger charge is -2.44. The molecule has 1 aromatic rings. The number of rotatable bonds is 2. The smallest absolute Gasteiger partial charge is 0.316 e. The first-order chi connectivity index (χ1) is 8.47. The van der Waals surface area contributed by atoms with Crippen molar-refractivity contribution in [3.63, 3.8) is 0 Å². The van der Waals surface area contributed by atoms with Gasteiger partial charge in [-0.25, -0.2) is 4.79 Å². The third-order valence-electron chi connectivity index (χ3n) is 3.36. The lowest BCUT2D eigenvalue weighted by atomic mass is 9.98. The minimum absolute atomic E-state index is 0.0497. The maximum Gasteiger partial charge on any atom is 0.329 e. The van der Waals surface area contributed by atoms with Gasteiger partial charge in [0.15, 0.2) is 0 Å². The Hall–Kier alpha value is -1.77. The summed E-state index contributed by atoms with van der Waals surface area (Å²) in [7, 11) is 0. The summed E-state index contributed by atoms with van der Waals surface area (Å²) in [5, 5.41) is 0. The van der Waals surface area contributed by atoms with E-state index in [2.05, 4.69) is 19.9 Å². The summed E-state index contributed by atoms with van der Waals surface area (Å²) >= 11 is 0. The van der Waals surface area contributed by atoms with Gasteiger partial charge < -0.3 is 4.90 Å². The van der Waals surface area contributed by atoms with Crippen molar-refractivity contribution >= 4 is 11.7 Å². The van der Waals surface area contributed by atoms with E-state index >= 15 is 0 Å². The van der Waals surface area contributed by atoms with Crippen LogP contribution in [0.25, 0.3) is 0 Å². The summed E-state index contributed by atoms with van der Waals surface area (Å²) in [6.07, 6.45) is 2.14. The Bertz CT molecular complexity index is 477. The summed E-state index contributed by atoms with van der Waals surface area (Å²) in [6.45, 7) is 8.84. The van der Waals surface area contributed by atoms with Crippen molar-refractivity contribution in [3.8, 4) is 0 Å². The highest BCUT2D eigenvalue weighted by Crippen LogP contribution is 2.31. The number of anilines is 1. The molecule has 0 saturated carbocycles. The number of hydrogen-bond acceptors (Lipinski definition) is 1. The molecule has 0 aliphatic carbocycles. The van der Waals surface area contributed by atoms with E-state index < -0.39 is 0 Å². The number of urea groups is 1. The Morgan fingerprint density at radius 3 is 2.33 bits per heavy atom. The van der Waals surface area contributed by atoms with Crippen LogP contribution in [-0.4, -0.2) is 23.0 Å². The quantitative estimate of drug-likeness (QED) is 0.779. The molecule has 1 aliphatic heterocycles. The largest absolute Gasteiger partial charge is 0.329 e. The molecule has 0 atom stereocenters. The Morgan fingerprint density at radius 2 is 1.78 bits per heavy atom. The average molecular weight is 244 g/mol. The molecule has 1 heterocycles. The molecule has 0 radical (unpaired) electrons. The highest BCUT2D eigenvalue weighted by atomic mass is 16.2. The predicted molar refractivity (Wildman–Crippen MR) is 74.5 cm³/mol. The van der Waals surface area contributed by atoms with Gasteiger partial charge in [-0.15, -0.1) is 0 Å². The van der Waals surface area contributed by atoms with E-state index in [0.717, 1.165) is 11.4 Å². The minimum Gasteiger partial charge on any atom is -0.316 e. The molecule has 18 heavy (non-hydrogen) atoms. The number of likely N-dealkylation sites (N-methyl/N-ethyl adjacent to an activating group) is 1. The second-order valence-electron chi connectivity index (χ2n) is 5.14. The second kappa shape index (κ2) is 4.48. The van der Waals surface area contributed by atoms with Gasteiger partial charge in [0.1, 0.15) is 0 Å². The van der Waals surface area contributed by atoms with E-state index in [4.69, 9.17) is 0 Å². The maximum absolute atomic E-state index is 12.6. The average Bonchev–Trinajstić information content (AvgIpc) is 2.29. The number of carbonyl (C=O) groups is 1. The Kier molecular flexibility index (Phi) is 3.16. The van der Waals surface area contributed by atoms with Gasteiger partial charge in [0.05, 0.1) is 11.2 Å². The van der Waals surface area contributed by atoms with Gasteiger partial charge in [-0.2, -0.15) is 0 Å². The topological polar surface area (TPSA) is 23.6 Å². The second-order valence-corrected chi connectivity index (χ2v) is 5.14. The van der Waals surface area contributed by atoms with Crippen molar-refractivity contribution in [1.29, 1.82) is 0 Å². The highest BCUT2D eigenvalue weighted by molar-refractivity contribution is 5.96. The van der Waals surface area contributed by atoms with Crippen molar-refractivity contribution in [2.45, 2.75) is 33.2 Å². The van der Waals surface area contributed by atoms with Crippen LogP contribution in [0.5, 0.6) is 0 Å². The molecule has 0 bridgehead atoms. The van der Waals surface area contributed by atoms with Crippen molar-refractivity contribution in [1.82, 2.24) is 4.90 Å². The monoisotopic (exact) mass is 244 g/mol. The molecule has 1 aliphatic rings. The summed E-state index contributed by atoms with van der Waals surface area (Å²) in [5.41, 5.74) is 1.69. The molecule has 3 heteroatoms. The van der Waals surface area contributed by atoms with Crippen molar-refractivity contribution < 1.29 is 4.79 Å². The van der Waals surface area contributed by atoms with Gasteiger partial charge in [-0.05, 0) is 45.9 Å². The summed E-state index contributed by atoms with van der Waals surface area (Å²) in [4.78, 5) is 16.2. The molecular weight excluding hydrogens is 224 g/mol. The van der Waals surface area contributed by atoms with Crippen LogP contribution in [0.1, 0.15) is 27.7 Å². The third-order valence-corrected chi connectivity index (χ3v) is 3.36. The van der Waals surface area contributed by atoms with Crippen molar-refractivity contribution in [2.24, 2.45) is 0 Å². The molecule has 0 saturated heterocycles. The van der Waals surface area contributed by atoms with Gasteiger partial charge in [0.2, 0.25) is 0 Å². The fourth-order valence-electron chi connectivity index (χ4n) is 2.61. The van der Waals surface area contributed by atoms with Crippen LogP contribution in [0.4, 0.5) is 10.5 Å². The summed E-state index contributed by atoms with van der Waals surface area (Å²) in [5.74, 6) is 0. The molecule has 2 amide bonds. The summed E-state index contributed by atoms with van der Waals surface area (Å²) < 4.78 is 0. The Labute approximate surface area is 109 Å². The van der Waals surface area contributed by atoms with E-state index in [9.17, 15) is 4.79 Å². The maximum atomic E-state index is 12.6.